The van der Waals surface area contributed by atoms with Crippen molar-refractivity contribution >= 4 is 11.8 Å². The maximum absolute atomic E-state index is 12.2. The number of carbonyl (C=O) groups excluding carboxylic acids is 2. The molecule has 3 rings (SSSR count). The predicted molar refractivity (Wildman–Crippen MR) is 65.3 cm³/mol. The highest BCUT2D eigenvalue weighted by Gasteiger charge is 2.57. The number of amides is 2. The van der Waals surface area contributed by atoms with Crippen molar-refractivity contribution in [1.82, 2.24) is 5.32 Å². The van der Waals surface area contributed by atoms with Crippen LogP contribution in [0.3, 0.4) is 0 Å². The summed E-state index contributed by atoms with van der Waals surface area (Å²) < 4.78 is 0. The molecule has 4 nitrogen and oxygen atoms in total. The van der Waals surface area contributed by atoms with Crippen LogP contribution in [0.4, 0.5) is 0 Å². The predicted octanol–water partition coefficient (Wildman–Crippen LogP) is 0.922. The highest BCUT2D eigenvalue weighted by atomic mass is 16.3. The van der Waals surface area contributed by atoms with E-state index in [1.807, 2.05) is 24.3 Å². The summed E-state index contributed by atoms with van der Waals surface area (Å²) in [5.74, 6) is -0.569. The summed E-state index contributed by atoms with van der Waals surface area (Å²) in [6.45, 7) is 0. The van der Waals surface area contributed by atoms with E-state index < -0.39 is 5.41 Å². The van der Waals surface area contributed by atoms with Gasteiger partial charge in [0.15, 0.2) is 0 Å². The van der Waals surface area contributed by atoms with Gasteiger partial charge in [0.1, 0.15) is 0 Å². The van der Waals surface area contributed by atoms with Gasteiger partial charge in [-0.2, -0.15) is 0 Å². The number of hydrogen-bond acceptors (Lipinski definition) is 3. The Morgan fingerprint density at radius 3 is 2.61 bits per heavy atom. The molecule has 2 atom stereocenters. The van der Waals surface area contributed by atoms with Gasteiger partial charge in [-0.05, 0) is 31.6 Å². The van der Waals surface area contributed by atoms with Gasteiger partial charge in [0.05, 0.1) is 17.4 Å². The third-order valence-corrected chi connectivity index (χ3v) is 4.59. The SMILES string of the molecule is O=C1NC(=O)C2(C3CCC(O)CC3)C=CC=CC12. The highest BCUT2D eigenvalue weighted by molar-refractivity contribution is 6.09. The number of fused-ring (bicyclic) bond motifs is 1. The molecule has 18 heavy (non-hydrogen) atoms. The molecule has 4 heteroatoms. The number of rotatable bonds is 1. The molecular weight excluding hydrogens is 230 g/mol. The van der Waals surface area contributed by atoms with Gasteiger partial charge in [0, 0.05) is 0 Å². The Morgan fingerprint density at radius 2 is 1.89 bits per heavy atom. The van der Waals surface area contributed by atoms with Crippen LogP contribution < -0.4 is 5.32 Å². The first-order valence-electron chi connectivity index (χ1n) is 6.54. The summed E-state index contributed by atoms with van der Waals surface area (Å²) in [7, 11) is 0. The first-order chi connectivity index (χ1) is 8.64. The minimum atomic E-state index is -0.702. The van der Waals surface area contributed by atoms with Gasteiger partial charge in [-0.25, -0.2) is 0 Å². The minimum absolute atomic E-state index is 0.151. The van der Waals surface area contributed by atoms with Crippen molar-refractivity contribution in [1.29, 1.82) is 0 Å². The maximum Gasteiger partial charge on any atom is 0.238 e. The van der Waals surface area contributed by atoms with Gasteiger partial charge < -0.3 is 5.11 Å². The topological polar surface area (TPSA) is 66.4 Å². The molecule has 1 saturated carbocycles. The normalized spacial score (nSPS) is 42.8. The van der Waals surface area contributed by atoms with E-state index in [0.29, 0.717) is 0 Å². The smallest absolute Gasteiger partial charge is 0.238 e. The van der Waals surface area contributed by atoms with Crippen LogP contribution in [-0.4, -0.2) is 23.0 Å². The quantitative estimate of drug-likeness (QED) is 0.677. The Hall–Kier alpha value is -1.42. The van der Waals surface area contributed by atoms with Crippen LogP contribution in [-0.2, 0) is 9.59 Å². The third kappa shape index (κ3) is 1.48. The molecule has 0 bridgehead atoms. The Morgan fingerprint density at radius 1 is 1.17 bits per heavy atom. The summed E-state index contributed by atoms with van der Waals surface area (Å²) in [5, 5.41) is 12.0. The van der Waals surface area contributed by atoms with Crippen molar-refractivity contribution in [3.8, 4) is 0 Å². The van der Waals surface area contributed by atoms with Crippen LogP contribution >= 0.6 is 0 Å². The number of hydrogen-bond donors (Lipinski definition) is 2. The average Bonchev–Trinajstić information content (AvgIpc) is 2.64. The zero-order valence-corrected chi connectivity index (χ0v) is 10.1. The van der Waals surface area contributed by atoms with E-state index in [9.17, 15) is 14.7 Å². The van der Waals surface area contributed by atoms with Gasteiger partial charge in [-0.3, -0.25) is 14.9 Å². The van der Waals surface area contributed by atoms with Crippen LogP contribution in [0.1, 0.15) is 25.7 Å². The summed E-state index contributed by atoms with van der Waals surface area (Å²) in [6.07, 6.45) is 10.2. The van der Waals surface area contributed by atoms with Gasteiger partial charge in [0.25, 0.3) is 0 Å². The second kappa shape index (κ2) is 4.05. The van der Waals surface area contributed by atoms with Gasteiger partial charge in [-0.15, -0.1) is 0 Å². The zero-order valence-electron chi connectivity index (χ0n) is 10.1. The van der Waals surface area contributed by atoms with E-state index in [-0.39, 0.29) is 29.8 Å². The molecule has 0 aromatic heterocycles. The summed E-state index contributed by atoms with van der Waals surface area (Å²) >= 11 is 0. The largest absolute Gasteiger partial charge is 0.393 e. The fraction of sp³-hybridized carbons (Fsp3) is 0.571. The number of imide groups is 1. The van der Waals surface area contributed by atoms with Crippen LogP contribution in [0.2, 0.25) is 0 Å². The molecule has 3 aliphatic rings. The Bertz CT molecular complexity index is 446. The Labute approximate surface area is 106 Å². The number of aliphatic hydroxyl groups is 1. The van der Waals surface area contributed by atoms with Crippen molar-refractivity contribution in [2.75, 3.05) is 0 Å². The summed E-state index contributed by atoms with van der Waals surface area (Å²) in [4.78, 5) is 24.1. The first kappa shape index (κ1) is 11.7. The maximum atomic E-state index is 12.2. The van der Waals surface area contributed by atoms with E-state index >= 15 is 0 Å². The Balaban J connectivity index is 1.95. The van der Waals surface area contributed by atoms with Crippen molar-refractivity contribution in [2.45, 2.75) is 31.8 Å². The molecule has 2 unspecified atom stereocenters. The molecule has 2 fully saturated rings. The molecule has 2 aliphatic carbocycles. The number of nitrogens with one attached hydrogen (secondary N) is 1. The number of allylic oxidation sites excluding steroid dienone is 2. The molecule has 2 amide bonds. The molecule has 0 radical (unpaired) electrons. The van der Waals surface area contributed by atoms with E-state index in [1.54, 1.807) is 0 Å². The van der Waals surface area contributed by atoms with Crippen molar-refractivity contribution in [3.63, 3.8) is 0 Å². The van der Waals surface area contributed by atoms with Crippen molar-refractivity contribution < 1.29 is 14.7 Å². The van der Waals surface area contributed by atoms with Gasteiger partial charge >= 0.3 is 0 Å². The molecule has 0 spiro atoms. The molecule has 2 N–H and O–H groups in total. The minimum Gasteiger partial charge on any atom is -0.393 e. The fourth-order valence-electron chi connectivity index (χ4n) is 3.60. The van der Waals surface area contributed by atoms with Gasteiger partial charge in [-0.1, -0.05) is 24.3 Å². The number of carbonyl (C=O) groups is 2. The van der Waals surface area contributed by atoms with E-state index in [0.717, 1.165) is 25.7 Å². The van der Waals surface area contributed by atoms with Crippen LogP contribution in [0.25, 0.3) is 0 Å². The monoisotopic (exact) mass is 247 g/mol. The first-order valence-corrected chi connectivity index (χ1v) is 6.54. The summed E-state index contributed by atoms with van der Waals surface area (Å²) in [5.41, 5.74) is -0.702. The number of aliphatic hydroxyl groups excluding tert-OH is 1. The van der Waals surface area contributed by atoms with Crippen molar-refractivity contribution in [2.24, 2.45) is 17.3 Å². The second-order valence-corrected chi connectivity index (χ2v) is 5.48. The van der Waals surface area contributed by atoms with Crippen LogP contribution in [0.15, 0.2) is 24.3 Å². The fourth-order valence-corrected chi connectivity index (χ4v) is 3.60. The molecule has 1 saturated heterocycles. The molecule has 1 aliphatic heterocycles. The molecule has 0 aromatic rings. The van der Waals surface area contributed by atoms with E-state index in [1.165, 1.54) is 0 Å². The van der Waals surface area contributed by atoms with Crippen molar-refractivity contribution in [3.05, 3.63) is 24.3 Å². The van der Waals surface area contributed by atoms with Crippen LogP contribution in [0.5, 0.6) is 0 Å². The highest BCUT2D eigenvalue weighted by Crippen LogP contribution is 2.49. The molecule has 1 heterocycles. The molecule has 0 aromatic carbocycles. The lowest BCUT2D eigenvalue weighted by molar-refractivity contribution is -0.129. The average molecular weight is 247 g/mol. The Kier molecular flexibility index (Phi) is 2.63. The third-order valence-electron chi connectivity index (χ3n) is 4.59. The lowest BCUT2D eigenvalue weighted by atomic mass is 9.61. The van der Waals surface area contributed by atoms with Crippen LogP contribution in [0, 0.1) is 17.3 Å². The molecular formula is C14H17NO3. The zero-order chi connectivity index (χ0) is 12.8. The van der Waals surface area contributed by atoms with Gasteiger partial charge in [0.2, 0.25) is 11.8 Å². The lowest BCUT2D eigenvalue weighted by Gasteiger charge is -2.39. The standard InChI is InChI=1S/C14H17NO3/c16-10-6-4-9(5-7-10)14-8-2-1-3-11(14)12(17)15-13(14)18/h1-3,8-11,16H,4-7H2,(H,15,17,18). The second-order valence-electron chi connectivity index (χ2n) is 5.48. The lowest BCUT2D eigenvalue weighted by Crippen LogP contribution is -2.43. The molecule has 96 valence electrons. The van der Waals surface area contributed by atoms with E-state index in [2.05, 4.69) is 5.32 Å². The van der Waals surface area contributed by atoms with E-state index in [4.69, 9.17) is 0 Å². The summed E-state index contributed by atoms with van der Waals surface area (Å²) in [6, 6.07) is 0.